The van der Waals surface area contributed by atoms with Crippen LogP contribution in [0.2, 0.25) is 0 Å². The molecule has 16 heteroatoms. The van der Waals surface area contributed by atoms with Gasteiger partial charge in [-0.1, -0.05) is 27.7 Å². The number of aliphatic hydroxyl groups is 2. The van der Waals surface area contributed by atoms with Crippen LogP contribution in [-0.2, 0) is 52.2 Å². The van der Waals surface area contributed by atoms with Gasteiger partial charge in [-0.3, -0.25) is 9.59 Å². The van der Waals surface area contributed by atoms with Gasteiger partial charge >= 0.3 is 18.2 Å². The van der Waals surface area contributed by atoms with E-state index in [2.05, 4.69) is 0 Å². The van der Waals surface area contributed by atoms with E-state index in [1.807, 2.05) is 6.92 Å². The van der Waals surface area contributed by atoms with Crippen molar-refractivity contribution >= 4 is 24.0 Å². The molecule has 314 valence electrons. The summed E-state index contributed by atoms with van der Waals surface area (Å²) in [4.78, 5) is 55.6. The fraction of sp³-hybridized carbons (Fsp3) is 0.897. The van der Waals surface area contributed by atoms with Crippen molar-refractivity contribution in [2.45, 2.75) is 186 Å². The predicted molar refractivity (Wildman–Crippen MR) is 192 cm³/mol. The Morgan fingerprint density at radius 3 is 2.20 bits per heavy atom. The Hall–Kier alpha value is -2.60. The molecule has 0 unspecified atom stereocenters. The van der Waals surface area contributed by atoms with Crippen LogP contribution in [-0.4, -0.2) is 138 Å². The van der Waals surface area contributed by atoms with Crippen molar-refractivity contribution in [3.05, 3.63) is 0 Å². The molecule has 18 atom stereocenters. The van der Waals surface area contributed by atoms with Crippen molar-refractivity contribution in [1.29, 1.82) is 0 Å². The molecule has 5 aliphatic rings. The first-order valence-corrected chi connectivity index (χ1v) is 19.7. The van der Waals surface area contributed by atoms with E-state index in [1.54, 1.807) is 69.4 Å². The van der Waals surface area contributed by atoms with Crippen LogP contribution in [0.5, 0.6) is 0 Å². The van der Waals surface area contributed by atoms with Crippen LogP contribution in [0, 0.1) is 23.7 Å². The van der Waals surface area contributed by atoms with E-state index < -0.39 is 114 Å². The molecule has 0 aromatic carbocycles. The maximum absolute atomic E-state index is 14.4. The summed E-state index contributed by atoms with van der Waals surface area (Å²) in [5.41, 5.74) is -4.18. The number of fused-ring (bicyclic) bond motifs is 3. The van der Waals surface area contributed by atoms with Gasteiger partial charge in [0, 0.05) is 38.8 Å². The van der Waals surface area contributed by atoms with Crippen LogP contribution in [0.3, 0.4) is 0 Å². The first-order valence-electron chi connectivity index (χ1n) is 19.7. The first-order chi connectivity index (χ1) is 25.5. The molecule has 0 aromatic heterocycles. The molecule has 16 nitrogen and oxygen atoms in total. The molecule has 2 N–H and O–H groups in total. The number of amides is 1. The number of carbonyl (C=O) groups is 4. The van der Waals surface area contributed by atoms with Crippen LogP contribution in [0.15, 0.2) is 0 Å². The third-order valence-electron chi connectivity index (χ3n) is 12.8. The fourth-order valence-corrected chi connectivity index (χ4v) is 9.38. The van der Waals surface area contributed by atoms with E-state index in [0.29, 0.717) is 6.42 Å². The summed E-state index contributed by atoms with van der Waals surface area (Å²) in [6.45, 7) is 17.1. The van der Waals surface area contributed by atoms with Crippen molar-refractivity contribution in [3.63, 3.8) is 0 Å². The first kappa shape index (κ1) is 43.5. The summed E-state index contributed by atoms with van der Waals surface area (Å²) in [6, 6.07) is -0.363. The number of hydrogen-bond acceptors (Lipinski definition) is 15. The van der Waals surface area contributed by atoms with Gasteiger partial charge in [0.2, 0.25) is 0 Å². The molecule has 0 radical (unpaired) electrons. The summed E-state index contributed by atoms with van der Waals surface area (Å²) in [5, 5.41) is 23.5. The highest BCUT2D eigenvalue weighted by Crippen LogP contribution is 2.43. The van der Waals surface area contributed by atoms with Crippen LogP contribution in [0.25, 0.3) is 0 Å². The van der Waals surface area contributed by atoms with Crippen LogP contribution >= 0.6 is 0 Å². The molecule has 5 heterocycles. The molecule has 0 aromatic rings. The normalized spacial score (nSPS) is 48.8. The van der Waals surface area contributed by atoms with Crippen molar-refractivity contribution in [2.24, 2.45) is 23.7 Å². The summed E-state index contributed by atoms with van der Waals surface area (Å²) in [5.74, 6) is -4.40. The number of likely N-dealkylation sites (N-methyl/N-ethyl adjacent to an activating group) is 1. The highest BCUT2D eigenvalue weighted by molar-refractivity contribution is 5.84. The second-order valence-corrected chi connectivity index (χ2v) is 17.3. The van der Waals surface area contributed by atoms with Gasteiger partial charge in [0.25, 0.3) is 0 Å². The van der Waals surface area contributed by atoms with Gasteiger partial charge < -0.3 is 57.7 Å². The maximum Gasteiger partial charge on any atom is 0.509 e. The van der Waals surface area contributed by atoms with Gasteiger partial charge in [0.05, 0.1) is 53.5 Å². The van der Waals surface area contributed by atoms with Gasteiger partial charge in [-0.15, -0.1) is 0 Å². The van der Waals surface area contributed by atoms with Gasteiger partial charge in [-0.25, -0.2) is 9.59 Å². The van der Waals surface area contributed by atoms with Crippen molar-refractivity contribution in [1.82, 2.24) is 4.90 Å². The Morgan fingerprint density at radius 2 is 1.56 bits per heavy atom. The lowest BCUT2D eigenvalue weighted by atomic mass is 9.75. The van der Waals surface area contributed by atoms with Gasteiger partial charge in [0.15, 0.2) is 24.3 Å². The Kier molecular flexibility index (Phi) is 12.9. The Labute approximate surface area is 324 Å². The summed E-state index contributed by atoms with van der Waals surface area (Å²) in [6.07, 6.45) is -9.77. The van der Waals surface area contributed by atoms with Crippen molar-refractivity contribution in [3.8, 4) is 0 Å². The van der Waals surface area contributed by atoms with Gasteiger partial charge in [-0.05, 0) is 60.8 Å². The topological polar surface area (TPSA) is 195 Å². The second-order valence-electron chi connectivity index (χ2n) is 17.3. The van der Waals surface area contributed by atoms with Crippen LogP contribution < -0.4 is 0 Å². The molecule has 55 heavy (non-hydrogen) atoms. The smallest absolute Gasteiger partial charge is 0.458 e. The van der Waals surface area contributed by atoms with Crippen LogP contribution in [0.1, 0.15) is 101 Å². The average molecular weight is 786 g/mol. The summed E-state index contributed by atoms with van der Waals surface area (Å²) in [7, 11) is 3.13. The lowest BCUT2D eigenvalue weighted by Crippen LogP contribution is -2.60. The number of carbonyl (C=O) groups excluding carboxylic acids is 4. The van der Waals surface area contributed by atoms with E-state index in [4.69, 9.17) is 42.6 Å². The zero-order chi connectivity index (χ0) is 40.9. The molecule has 0 saturated carbocycles. The molecule has 0 aliphatic carbocycles. The minimum atomic E-state index is -1.79. The third-order valence-corrected chi connectivity index (χ3v) is 12.8. The van der Waals surface area contributed by atoms with Crippen molar-refractivity contribution in [2.75, 3.05) is 14.2 Å². The fourth-order valence-electron chi connectivity index (χ4n) is 9.38. The molecule has 1 amide bonds. The zero-order valence-corrected chi connectivity index (χ0v) is 34.3. The number of esters is 1. The molecule has 5 saturated heterocycles. The molecule has 0 spiro atoms. The summed E-state index contributed by atoms with van der Waals surface area (Å²) >= 11 is 0. The Balaban J connectivity index is 1.60. The number of ketones is 1. The number of aliphatic hydroxyl groups excluding tert-OH is 1. The number of Topliss-reactive ketones (excluding diaryl/α,β-unsaturated/α-hetero) is 1. The SMILES string of the molecule is CC[C@H]1OC(=O)[C@H](C)[C@@H](O[C@H]2C[C@@](C)(OC)[C@@H](O)[C@H](C)O2)[C@H](C)[C@@H](O[C@@H]2O[C@H](C)C[C@H]3[C@H]2OC(=O)N3C)[C@](C)(O)C[C@@H](C)C(=O)[C@H](C)[C@@H]2C[C@]1(C)OC(=O)O2. The van der Waals surface area contributed by atoms with Gasteiger partial charge in [-0.2, -0.15) is 0 Å². The highest BCUT2D eigenvalue weighted by Gasteiger charge is 2.56. The number of methoxy groups -OCH3 is 1. The van der Waals surface area contributed by atoms with E-state index in [0.717, 1.165) is 0 Å². The number of ether oxygens (including phenoxy) is 9. The standard InChI is InChI=1S/C39H63NO15/c1-13-26-38(9)16-25(50-36(45)55-38)20(4)28(41)18(2)15-37(8,46)32(54-34-30-24(14-19(3)48-34)40(11)35(44)53-30)21(5)29(22(6)33(43)51-26)52-27-17-39(10,47-12)31(42)23(7)49-27/h18-27,29-32,34,42,46H,13-17H2,1-12H3/t18-,19-,20-,21+,22-,23+,24+,25+,26-,27+,29+,30-,31+,32-,34+,37-,38+,39-/m1/s1. The molecular weight excluding hydrogens is 722 g/mol. The minimum absolute atomic E-state index is 0.0790. The predicted octanol–water partition coefficient (Wildman–Crippen LogP) is 3.89. The molecule has 2 bridgehead atoms. The quantitative estimate of drug-likeness (QED) is 0.291. The number of rotatable bonds is 6. The molecule has 5 rings (SSSR count). The second kappa shape index (κ2) is 16.3. The van der Waals surface area contributed by atoms with E-state index >= 15 is 0 Å². The lowest BCUT2D eigenvalue weighted by molar-refractivity contribution is -0.313. The molecule has 5 aliphatic heterocycles. The largest absolute Gasteiger partial charge is 0.509 e. The van der Waals surface area contributed by atoms with Gasteiger partial charge in [0.1, 0.15) is 24.1 Å². The zero-order valence-electron chi connectivity index (χ0n) is 34.3. The monoisotopic (exact) mass is 785 g/mol. The Bertz CT molecular complexity index is 1430. The minimum Gasteiger partial charge on any atom is -0.458 e. The lowest BCUT2D eigenvalue weighted by Gasteiger charge is -2.48. The maximum atomic E-state index is 14.4. The third kappa shape index (κ3) is 8.65. The number of nitrogens with zero attached hydrogens (tertiary/aromatic N) is 1. The Morgan fingerprint density at radius 1 is 0.891 bits per heavy atom. The van der Waals surface area contributed by atoms with Crippen molar-refractivity contribution < 1.29 is 72.0 Å². The van der Waals surface area contributed by atoms with Crippen LogP contribution in [0.4, 0.5) is 9.59 Å². The molecular formula is C39H63NO15. The average Bonchev–Trinajstić information content (AvgIpc) is 3.40. The number of hydrogen-bond donors (Lipinski definition) is 2. The van der Waals surface area contributed by atoms with E-state index in [9.17, 15) is 29.4 Å². The van der Waals surface area contributed by atoms with E-state index in [-0.39, 0.29) is 43.6 Å². The van der Waals surface area contributed by atoms with E-state index in [1.165, 1.54) is 12.0 Å². The molecule has 5 fully saturated rings. The highest BCUT2D eigenvalue weighted by atomic mass is 16.8. The number of cyclic esters (lactones) is 1. The summed E-state index contributed by atoms with van der Waals surface area (Å²) < 4.78 is 54.8.